The highest BCUT2D eigenvalue weighted by molar-refractivity contribution is 9.10. The van der Waals surface area contributed by atoms with Gasteiger partial charge in [-0.2, -0.15) is 0 Å². The molecule has 0 aliphatic carbocycles. The lowest BCUT2D eigenvalue weighted by Crippen LogP contribution is -2.33. The summed E-state index contributed by atoms with van der Waals surface area (Å²) in [5, 5.41) is 0. The number of pyridine rings is 1. The Labute approximate surface area is 91.3 Å². The zero-order valence-corrected chi connectivity index (χ0v) is 9.33. The van der Waals surface area contributed by atoms with Crippen molar-refractivity contribution >= 4 is 27.4 Å². The standard InChI is InChI=1S/C10H11BrN2O/c11-9-7-12-4-1-10(9)13-5-2-8(14)3-6-13/h1,4,7H,2-3,5-6H2. The number of anilines is 1. The lowest BCUT2D eigenvalue weighted by Gasteiger charge is -2.28. The first kappa shape index (κ1) is 9.65. The van der Waals surface area contributed by atoms with E-state index in [-0.39, 0.29) is 0 Å². The van der Waals surface area contributed by atoms with E-state index in [1.54, 1.807) is 12.4 Å². The maximum atomic E-state index is 11.1. The summed E-state index contributed by atoms with van der Waals surface area (Å²) < 4.78 is 0.995. The molecule has 0 aromatic carbocycles. The number of aromatic nitrogens is 1. The number of hydrogen-bond acceptors (Lipinski definition) is 3. The molecule has 0 radical (unpaired) electrons. The highest BCUT2D eigenvalue weighted by atomic mass is 79.9. The van der Waals surface area contributed by atoms with E-state index in [0.29, 0.717) is 18.6 Å². The number of hydrogen-bond donors (Lipinski definition) is 0. The van der Waals surface area contributed by atoms with Crippen molar-refractivity contribution in [3.8, 4) is 0 Å². The van der Waals surface area contributed by atoms with Crippen LogP contribution in [0.5, 0.6) is 0 Å². The Kier molecular flexibility index (Phi) is 2.82. The third-order valence-corrected chi connectivity index (χ3v) is 3.02. The van der Waals surface area contributed by atoms with Crippen LogP contribution in [0.3, 0.4) is 0 Å². The number of carbonyl (C=O) groups excluding carboxylic acids is 1. The smallest absolute Gasteiger partial charge is 0.136 e. The van der Waals surface area contributed by atoms with Crippen molar-refractivity contribution in [2.45, 2.75) is 12.8 Å². The number of piperidine rings is 1. The average molecular weight is 255 g/mol. The van der Waals surface area contributed by atoms with Gasteiger partial charge in [0.1, 0.15) is 5.78 Å². The summed E-state index contributed by atoms with van der Waals surface area (Å²) in [7, 11) is 0. The first-order valence-electron chi connectivity index (χ1n) is 4.63. The second-order valence-corrected chi connectivity index (χ2v) is 4.21. The van der Waals surface area contributed by atoms with Gasteiger partial charge in [-0.25, -0.2) is 0 Å². The minimum Gasteiger partial charge on any atom is -0.370 e. The van der Waals surface area contributed by atoms with Gasteiger partial charge in [0.15, 0.2) is 0 Å². The van der Waals surface area contributed by atoms with E-state index in [2.05, 4.69) is 25.8 Å². The van der Waals surface area contributed by atoms with E-state index in [0.717, 1.165) is 23.2 Å². The van der Waals surface area contributed by atoms with Crippen LogP contribution >= 0.6 is 15.9 Å². The average Bonchev–Trinajstić information content (AvgIpc) is 2.20. The first-order valence-corrected chi connectivity index (χ1v) is 5.43. The Morgan fingerprint density at radius 2 is 2.07 bits per heavy atom. The van der Waals surface area contributed by atoms with Crippen molar-refractivity contribution in [2.75, 3.05) is 18.0 Å². The molecule has 1 aromatic rings. The summed E-state index contributed by atoms with van der Waals surface area (Å²) in [4.78, 5) is 17.3. The summed E-state index contributed by atoms with van der Waals surface area (Å²) in [6, 6.07) is 1.97. The lowest BCUT2D eigenvalue weighted by atomic mass is 10.1. The van der Waals surface area contributed by atoms with Gasteiger partial charge in [-0.05, 0) is 22.0 Å². The van der Waals surface area contributed by atoms with Crippen LogP contribution in [0.1, 0.15) is 12.8 Å². The molecule has 1 aliphatic heterocycles. The molecule has 2 rings (SSSR count). The normalized spacial score (nSPS) is 17.2. The van der Waals surface area contributed by atoms with Crippen LogP contribution < -0.4 is 4.90 Å². The van der Waals surface area contributed by atoms with Gasteiger partial charge in [-0.15, -0.1) is 0 Å². The van der Waals surface area contributed by atoms with E-state index < -0.39 is 0 Å². The van der Waals surface area contributed by atoms with Gasteiger partial charge >= 0.3 is 0 Å². The van der Waals surface area contributed by atoms with Crippen LogP contribution in [-0.4, -0.2) is 23.9 Å². The fourth-order valence-electron chi connectivity index (χ4n) is 1.62. The fraction of sp³-hybridized carbons (Fsp3) is 0.400. The summed E-state index contributed by atoms with van der Waals surface area (Å²) >= 11 is 3.46. The van der Waals surface area contributed by atoms with Gasteiger partial charge in [0.2, 0.25) is 0 Å². The number of ketones is 1. The number of halogens is 1. The van der Waals surface area contributed by atoms with E-state index in [4.69, 9.17) is 0 Å². The molecule has 0 spiro atoms. The molecule has 4 heteroatoms. The molecule has 14 heavy (non-hydrogen) atoms. The molecule has 0 saturated carbocycles. The second kappa shape index (κ2) is 4.09. The molecule has 0 atom stereocenters. The number of nitrogens with zero attached hydrogens (tertiary/aromatic N) is 2. The lowest BCUT2D eigenvalue weighted by molar-refractivity contribution is -0.119. The van der Waals surface area contributed by atoms with Gasteiger partial charge in [0.05, 0.1) is 10.2 Å². The fourth-order valence-corrected chi connectivity index (χ4v) is 2.12. The van der Waals surface area contributed by atoms with Gasteiger partial charge in [-0.1, -0.05) is 0 Å². The molecule has 0 amide bonds. The minimum atomic E-state index is 0.367. The molecule has 74 valence electrons. The second-order valence-electron chi connectivity index (χ2n) is 3.35. The topological polar surface area (TPSA) is 33.2 Å². The molecule has 1 saturated heterocycles. The maximum absolute atomic E-state index is 11.1. The van der Waals surface area contributed by atoms with Crippen LogP contribution in [-0.2, 0) is 4.79 Å². The van der Waals surface area contributed by atoms with Gasteiger partial charge in [0.25, 0.3) is 0 Å². The number of Topliss-reactive ketones (excluding diaryl/α,β-unsaturated/α-hetero) is 1. The van der Waals surface area contributed by atoms with Crippen molar-refractivity contribution in [2.24, 2.45) is 0 Å². The van der Waals surface area contributed by atoms with Gasteiger partial charge in [0, 0.05) is 38.3 Å². The molecular formula is C10H11BrN2O. The third kappa shape index (κ3) is 1.95. The highest BCUT2D eigenvalue weighted by Gasteiger charge is 2.17. The third-order valence-electron chi connectivity index (χ3n) is 2.41. The van der Waals surface area contributed by atoms with Crippen LogP contribution in [0.25, 0.3) is 0 Å². The van der Waals surface area contributed by atoms with Crippen LogP contribution in [0.4, 0.5) is 5.69 Å². The minimum absolute atomic E-state index is 0.367. The Hall–Kier alpha value is -0.900. The van der Waals surface area contributed by atoms with Crippen molar-refractivity contribution in [1.82, 2.24) is 4.98 Å². The monoisotopic (exact) mass is 254 g/mol. The first-order chi connectivity index (χ1) is 6.77. The molecule has 1 aromatic heterocycles. The zero-order chi connectivity index (χ0) is 9.97. The molecule has 0 unspecified atom stereocenters. The summed E-state index contributed by atoms with van der Waals surface area (Å²) in [5.41, 5.74) is 1.13. The molecule has 0 bridgehead atoms. The maximum Gasteiger partial charge on any atom is 0.136 e. The highest BCUT2D eigenvalue weighted by Crippen LogP contribution is 2.26. The van der Waals surface area contributed by atoms with Crippen molar-refractivity contribution in [1.29, 1.82) is 0 Å². The molecule has 0 N–H and O–H groups in total. The quantitative estimate of drug-likeness (QED) is 0.769. The summed E-state index contributed by atoms with van der Waals surface area (Å²) in [5.74, 6) is 0.367. The van der Waals surface area contributed by atoms with Crippen LogP contribution in [0.15, 0.2) is 22.9 Å². The Morgan fingerprint density at radius 3 is 2.71 bits per heavy atom. The predicted molar refractivity (Wildman–Crippen MR) is 58.4 cm³/mol. The van der Waals surface area contributed by atoms with Crippen LogP contribution in [0, 0.1) is 0 Å². The van der Waals surface area contributed by atoms with Crippen molar-refractivity contribution in [3.05, 3.63) is 22.9 Å². The van der Waals surface area contributed by atoms with Gasteiger partial charge < -0.3 is 4.90 Å². The van der Waals surface area contributed by atoms with E-state index in [1.165, 1.54) is 0 Å². The SMILES string of the molecule is O=C1CCN(c2ccncc2Br)CC1. The molecule has 2 heterocycles. The zero-order valence-electron chi connectivity index (χ0n) is 7.74. The Balaban J connectivity index is 2.16. The molecular weight excluding hydrogens is 244 g/mol. The Bertz CT molecular complexity index is 344. The predicted octanol–water partition coefficient (Wildman–Crippen LogP) is 2.01. The molecule has 1 fully saturated rings. The summed E-state index contributed by atoms with van der Waals surface area (Å²) in [6.07, 6.45) is 4.88. The van der Waals surface area contributed by atoms with E-state index >= 15 is 0 Å². The Morgan fingerprint density at radius 1 is 1.36 bits per heavy atom. The summed E-state index contributed by atoms with van der Waals surface area (Å²) in [6.45, 7) is 1.64. The van der Waals surface area contributed by atoms with Crippen molar-refractivity contribution in [3.63, 3.8) is 0 Å². The van der Waals surface area contributed by atoms with Crippen molar-refractivity contribution < 1.29 is 4.79 Å². The van der Waals surface area contributed by atoms with E-state index in [9.17, 15) is 4.79 Å². The molecule has 3 nitrogen and oxygen atoms in total. The number of carbonyl (C=O) groups is 1. The number of rotatable bonds is 1. The van der Waals surface area contributed by atoms with Crippen LogP contribution in [0.2, 0.25) is 0 Å². The largest absolute Gasteiger partial charge is 0.370 e. The van der Waals surface area contributed by atoms with Gasteiger partial charge in [-0.3, -0.25) is 9.78 Å². The van der Waals surface area contributed by atoms with E-state index in [1.807, 2.05) is 6.07 Å². The molecule has 1 aliphatic rings.